The summed E-state index contributed by atoms with van der Waals surface area (Å²) in [5.41, 5.74) is 1.08. The van der Waals surface area contributed by atoms with E-state index < -0.39 is 0 Å². The first-order chi connectivity index (χ1) is 12.4. The number of nitrogens with zero attached hydrogens (tertiary/aromatic N) is 2. The average Bonchev–Trinajstić information content (AvgIpc) is 2.91. The van der Waals surface area contributed by atoms with Crippen LogP contribution >= 0.6 is 0 Å². The Kier molecular flexibility index (Phi) is 6.76. The minimum Gasteiger partial charge on any atom is -0.490 e. The largest absolute Gasteiger partial charge is 0.490 e. The molecule has 0 radical (unpaired) electrons. The van der Waals surface area contributed by atoms with Gasteiger partial charge in [-0.05, 0) is 6.07 Å². The number of aliphatic imine (C=N–C) groups is 1. The van der Waals surface area contributed by atoms with Gasteiger partial charge in [-0.3, -0.25) is 9.89 Å². The van der Waals surface area contributed by atoms with Crippen LogP contribution in [0.1, 0.15) is 12.0 Å². The molecule has 0 aromatic heterocycles. The Labute approximate surface area is 149 Å². The van der Waals surface area contributed by atoms with Crippen molar-refractivity contribution in [3.05, 3.63) is 23.8 Å². The predicted molar refractivity (Wildman–Crippen MR) is 97.5 cm³/mol. The monoisotopic (exact) mass is 348 g/mol. The number of fused-ring (bicyclic) bond motifs is 1. The van der Waals surface area contributed by atoms with Crippen molar-refractivity contribution in [2.24, 2.45) is 4.99 Å². The minimum absolute atomic E-state index is 0.643. The van der Waals surface area contributed by atoms with E-state index >= 15 is 0 Å². The highest BCUT2D eigenvalue weighted by molar-refractivity contribution is 5.79. The zero-order valence-electron chi connectivity index (χ0n) is 14.9. The van der Waals surface area contributed by atoms with Gasteiger partial charge in [-0.2, -0.15) is 0 Å². The van der Waals surface area contributed by atoms with E-state index in [1.807, 2.05) is 12.1 Å². The molecule has 2 aliphatic heterocycles. The third kappa shape index (κ3) is 5.24. The second-order valence-electron chi connectivity index (χ2n) is 6.10. The summed E-state index contributed by atoms with van der Waals surface area (Å²) in [5.74, 6) is 2.46. The van der Waals surface area contributed by atoms with E-state index in [-0.39, 0.29) is 0 Å². The standard InChI is InChI=1S/C18H28N4O3/c1-19-18(20-6-7-22-8-12-23-13-9-22)21-14-15-4-2-5-16-17(15)25-11-3-10-24-16/h2,4-5H,3,6-14H2,1H3,(H2,19,20,21). The fraction of sp³-hybridized carbons (Fsp3) is 0.611. The molecule has 0 unspecified atom stereocenters. The molecular formula is C18H28N4O3. The topological polar surface area (TPSA) is 67.4 Å². The molecule has 1 aromatic carbocycles. The molecule has 2 heterocycles. The molecule has 0 spiro atoms. The lowest BCUT2D eigenvalue weighted by atomic mass is 10.2. The van der Waals surface area contributed by atoms with Gasteiger partial charge in [0.15, 0.2) is 17.5 Å². The normalized spacial score (nSPS) is 18.5. The number of hydrogen-bond acceptors (Lipinski definition) is 5. The highest BCUT2D eigenvalue weighted by Crippen LogP contribution is 2.33. The third-order valence-corrected chi connectivity index (χ3v) is 4.35. The SMILES string of the molecule is CN=C(NCCN1CCOCC1)NCc1cccc2c1OCCCO2. The van der Waals surface area contributed by atoms with E-state index in [2.05, 4.69) is 26.6 Å². The van der Waals surface area contributed by atoms with Gasteiger partial charge >= 0.3 is 0 Å². The number of ether oxygens (including phenoxy) is 3. The van der Waals surface area contributed by atoms with Crippen molar-refractivity contribution >= 4 is 5.96 Å². The highest BCUT2D eigenvalue weighted by Gasteiger charge is 2.15. The lowest BCUT2D eigenvalue weighted by Crippen LogP contribution is -2.44. The molecular weight excluding hydrogens is 320 g/mol. The maximum atomic E-state index is 5.86. The van der Waals surface area contributed by atoms with E-state index in [0.717, 1.165) is 68.8 Å². The van der Waals surface area contributed by atoms with Crippen LogP contribution < -0.4 is 20.1 Å². The fourth-order valence-corrected chi connectivity index (χ4v) is 2.95. The molecule has 0 aliphatic carbocycles. The summed E-state index contributed by atoms with van der Waals surface area (Å²) in [6.07, 6.45) is 0.909. The molecule has 2 N–H and O–H groups in total. The number of hydrogen-bond donors (Lipinski definition) is 2. The second-order valence-corrected chi connectivity index (χ2v) is 6.10. The Balaban J connectivity index is 1.48. The van der Waals surface area contributed by atoms with Crippen molar-refractivity contribution in [1.29, 1.82) is 0 Å². The van der Waals surface area contributed by atoms with Crippen molar-refractivity contribution in [2.75, 3.05) is 59.7 Å². The molecule has 25 heavy (non-hydrogen) atoms. The first-order valence-corrected chi connectivity index (χ1v) is 8.99. The summed E-state index contributed by atoms with van der Waals surface area (Å²) in [7, 11) is 1.79. The predicted octanol–water partition coefficient (Wildman–Crippen LogP) is 0.845. The van der Waals surface area contributed by atoms with Crippen LogP contribution in [0.5, 0.6) is 11.5 Å². The van der Waals surface area contributed by atoms with E-state index in [1.54, 1.807) is 7.05 Å². The summed E-state index contributed by atoms with van der Waals surface area (Å²) in [6, 6.07) is 6.01. The molecule has 7 nitrogen and oxygen atoms in total. The van der Waals surface area contributed by atoms with Crippen LogP contribution in [-0.2, 0) is 11.3 Å². The molecule has 138 valence electrons. The molecule has 0 saturated carbocycles. The van der Waals surface area contributed by atoms with Crippen LogP contribution in [0, 0.1) is 0 Å². The summed E-state index contributed by atoms with van der Waals surface area (Å²) in [6.45, 7) is 7.54. The van der Waals surface area contributed by atoms with Crippen LogP contribution in [0.25, 0.3) is 0 Å². The number of rotatable bonds is 5. The number of para-hydroxylation sites is 1. The van der Waals surface area contributed by atoms with Crippen LogP contribution in [0.15, 0.2) is 23.2 Å². The Morgan fingerprint density at radius 3 is 2.80 bits per heavy atom. The lowest BCUT2D eigenvalue weighted by Gasteiger charge is -2.26. The Morgan fingerprint density at radius 1 is 1.12 bits per heavy atom. The van der Waals surface area contributed by atoms with Gasteiger partial charge in [0, 0.05) is 51.8 Å². The Bertz CT molecular complexity index is 573. The highest BCUT2D eigenvalue weighted by atomic mass is 16.5. The van der Waals surface area contributed by atoms with Crippen LogP contribution in [-0.4, -0.2) is 70.5 Å². The smallest absolute Gasteiger partial charge is 0.191 e. The summed E-state index contributed by atoms with van der Waals surface area (Å²) < 4.78 is 17.0. The van der Waals surface area contributed by atoms with E-state index in [4.69, 9.17) is 14.2 Å². The van der Waals surface area contributed by atoms with Crippen molar-refractivity contribution in [3.63, 3.8) is 0 Å². The van der Waals surface area contributed by atoms with E-state index in [9.17, 15) is 0 Å². The summed E-state index contributed by atoms with van der Waals surface area (Å²) >= 11 is 0. The van der Waals surface area contributed by atoms with Gasteiger partial charge in [0.2, 0.25) is 0 Å². The zero-order chi connectivity index (χ0) is 17.3. The first-order valence-electron chi connectivity index (χ1n) is 8.99. The minimum atomic E-state index is 0.643. The molecule has 0 amide bonds. The number of guanidine groups is 1. The van der Waals surface area contributed by atoms with Gasteiger partial charge in [-0.1, -0.05) is 12.1 Å². The van der Waals surface area contributed by atoms with E-state index in [0.29, 0.717) is 19.8 Å². The molecule has 2 aliphatic rings. The molecule has 1 aromatic rings. The van der Waals surface area contributed by atoms with Crippen molar-refractivity contribution in [1.82, 2.24) is 15.5 Å². The first kappa shape index (κ1) is 17.8. The average molecular weight is 348 g/mol. The van der Waals surface area contributed by atoms with Gasteiger partial charge in [0.05, 0.1) is 26.4 Å². The fourth-order valence-electron chi connectivity index (χ4n) is 2.95. The molecule has 0 atom stereocenters. The van der Waals surface area contributed by atoms with Gasteiger partial charge < -0.3 is 24.8 Å². The van der Waals surface area contributed by atoms with Crippen LogP contribution in [0.3, 0.4) is 0 Å². The quantitative estimate of drug-likeness (QED) is 0.607. The van der Waals surface area contributed by atoms with Gasteiger partial charge in [0.1, 0.15) is 0 Å². The van der Waals surface area contributed by atoms with E-state index in [1.165, 1.54) is 0 Å². The Hall–Kier alpha value is -1.99. The third-order valence-electron chi connectivity index (χ3n) is 4.35. The second kappa shape index (κ2) is 9.48. The Morgan fingerprint density at radius 2 is 1.96 bits per heavy atom. The van der Waals surface area contributed by atoms with Crippen molar-refractivity contribution < 1.29 is 14.2 Å². The van der Waals surface area contributed by atoms with Gasteiger partial charge in [-0.25, -0.2) is 0 Å². The number of nitrogens with one attached hydrogen (secondary N) is 2. The van der Waals surface area contributed by atoms with Crippen LogP contribution in [0.4, 0.5) is 0 Å². The van der Waals surface area contributed by atoms with Gasteiger partial charge in [0.25, 0.3) is 0 Å². The molecule has 1 fully saturated rings. The molecule has 0 bridgehead atoms. The maximum absolute atomic E-state index is 5.86. The summed E-state index contributed by atoms with van der Waals surface area (Å²) in [4.78, 5) is 6.69. The van der Waals surface area contributed by atoms with Crippen molar-refractivity contribution in [3.8, 4) is 11.5 Å². The number of benzene rings is 1. The van der Waals surface area contributed by atoms with Crippen LogP contribution in [0.2, 0.25) is 0 Å². The van der Waals surface area contributed by atoms with Crippen molar-refractivity contribution in [2.45, 2.75) is 13.0 Å². The molecule has 3 rings (SSSR count). The lowest BCUT2D eigenvalue weighted by molar-refractivity contribution is 0.0389. The maximum Gasteiger partial charge on any atom is 0.191 e. The summed E-state index contributed by atoms with van der Waals surface area (Å²) in [5, 5.41) is 6.72. The zero-order valence-corrected chi connectivity index (χ0v) is 14.9. The van der Waals surface area contributed by atoms with Gasteiger partial charge in [-0.15, -0.1) is 0 Å². The molecule has 1 saturated heterocycles. The molecule has 7 heteroatoms. The number of morpholine rings is 1.